The van der Waals surface area contributed by atoms with E-state index in [1.807, 2.05) is 17.5 Å². The second-order valence-electron chi connectivity index (χ2n) is 5.46. The van der Waals surface area contributed by atoms with Gasteiger partial charge in [-0.25, -0.2) is 4.39 Å². The van der Waals surface area contributed by atoms with E-state index in [2.05, 4.69) is 5.32 Å². The highest BCUT2D eigenvalue weighted by Gasteiger charge is 2.11. The molecule has 0 aliphatic rings. The van der Waals surface area contributed by atoms with E-state index in [-0.39, 0.29) is 11.7 Å². The zero-order chi connectivity index (χ0) is 17.8. The minimum absolute atomic E-state index is 0.280. The van der Waals surface area contributed by atoms with Gasteiger partial charge in [0.2, 0.25) is 0 Å². The van der Waals surface area contributed by atoms with Crippen molar-refractivity contribution in [2.45, 2.75) is 13.5 Å². The maximum atomic E-state index is 13.6. The number of carbonyl (C=O) groups is 1. The lowest BCUT2D eigenvalue weighted by molar-refractivity contribution is 0.103. The molecule has 3 nitrogen and oxygen atoms in total. The number of carbonyl (C=O) groups excluding carboxylic acids is 1. The molecule has 6 heteroatoms. The van der Waals surface area contributed by atoms with Crippen LogP contribution in [0.4, 0.5) is 10.1 Å². The Morgan fingerprint density at radius 1 is 1.24 bits per heavy atom. The molecule has 0 radical (unpaired) electrons. The lowest BCUT2D eigenvalue weighted by Crippen LogP contribution is -2.10. The van der Waals surface area contributed by atoms with E-state index >= 15 is 0 Å². The Morgan fingerprint density at radius 2 is 2.04 bits per heavy atom. The van der Waals surface area contributed by atoms with E-state index in [0.717, 1.165) is 5.56 Å². The van der Waals surface area contributed by atoms with Crippen LogP contribution in [0.1, 0.15) is 20.8 Å². The quantitative estimate of drug-likeness (QED) is 0.623. The summed E-state index contributed by atoms with van der Waals surface area (Å²) in [5.74, 6) is -0.0356. The molecular formula is C19H15ClFNO2S. The van der Waals surface area contributed by atoms with E-state index in [1.54, 1.807) is 37.3 Å². The van der Waals surface area contributed by atoms with Crippen molar-refractivity contribution in [2.24, 2.45) is 0 Å². The smallest absolute Gasteiger partial charge is 0.265 e. The van der Waals surface area contributed by atoms with Gasteiger partial charge in [-0.05, 0) is 48.2 Å². The SMILES string of the molecule is Cc1ccc(NC(=O)c2cc(COc3ccccc3Cl)cs2)cc1F. The maximum absolute atomic E-state index is 13.6. The molecule has 0 bridgehead atoms. The fourth-order valence-corrected chi connectivity index (χ4v) is 3.14. The minimum atomic E-state index is -0.349. The van der Waals surface area contributed by atoms with Crippen LogP contribution >= 0.6 is 22.9 Å². The molecule has 0 unspecified atom stereocenters. The summed E-state index contributed by atoms with van der Waals surface area (Å²) < 4.78 is 19.2. The predicted molar refractivity (Wildman–Crippen MR) is 99.2 cm³/mol. The van der Waals surface area contributed by atoms with Crippen molar-refractivity contribution >= 4 is 34.5 Å². The van der Waals surface area contributed by atoms with Gasteiger partial charge in [0.1, 0.15) is 18.2 Å². The van der Waals surface area contributed by atoms with Gasteiger partial charge in [0.15, 0.2) is 0 Å². The second kappa shape index (κ2) is 7.68. The summed E-state index contributed by atoms with van der Waals surface area (Å²) in [6, 6.07) is 13.6. The maximum Gasteiger partial charge on any atom is 0.265 e. The van der Waals surface area contributed by atoms with Crippen molar-refractivity contribution < 1.29 is 13.9 Å². The molecule has 2 aromatic carbocycles. The molecule has 128 valence electrons. The summed E-state index contributed by atoms with van der Waals surface area (Å²) in [4.78, 5) is 12.8. The summed E-state index contributed by atoms with van der Waals surface area (Å²) in [6.45, 7) is 1.98. The van der Waals surface area contributed by atoms with Gasteiger partial charge < -0.3 is 10.1 Å². The number of para-hydroxylation sites is 1. The highest BCUT2D eigenvalue weighted by atomic mass is 35.5. The lowest BCUT2D eigenvalue weighted by Gasteiger charge is -2.06. The molecule has 0 fully saturated rings. The first-order chi connectivity index (χ1) is 12.0. The number of hydrogen-bond donors (Lipinski definition) is 1. The lowest BCUT2D eigenvalue weighted by atomic mass is 10.2. The monoisotopic (exact) mass is 375 g/mol. The zero-order valence-electron chi connectivity index (χ0n) is 13.4. The van der Waals surface area contributed by atoms with Crippen LogP contribution in [-0.4, -0.2) is 5.91 Å². The number of anilines is 1. The van der Waals surface area contributed by atoms with Crippen LogP contribution in [0, 0.1) is 12.7 Å². The molecule has 0 spiro atoms. The molecule has 25 heavy (non-hydrogen) atoms. The predicted octanol–water partition coefficient (Wildman–Crippen LogP) is 5.68. The van der Waals surface area contributed by atoms with E-state index in [0.29, 0.717) is 33.5 Å². The van der Waals surface area contributed by atoms with Crippen LogP contribution in [0.3, 0.4) is 0 Å². The first kappa shape index (κ1) is 17.5. The molecule has 0 saturated carbocycles. The van der Waals surface area contributed by atoms with Gasteiger partial charge in [0.25, 0.3) is 5.91 Å². The van der Waals surface area contributed by atoms with Crippen molar-refractivity contribution in [3.63, 3.8) is 0 Å². The Labute approximate surface area is 154 Å². The molecular weight excluding hydrogens is 361 g/mol. The van der Waals surface area contributed by atoms with Crippen molar-refractivity contribution in [3.8, 4) is 5.75 Å². The van der Waals surface area contributed by atoms with Crippen LogP contribution in [0.2, 0.25) is 5.02 Å². The van der Waals surface area contributed by atoms with E-state index in [9.17, 15) is 9.18 Å². The third kappa shape index (κ3) is 4.38. The highest BCUT2D eigenvalue weighted by Crippen LogP contribution is 2.25. The number of benzene rings is 2. The average Bonchev–Trinajstić information content (AvgIpc) is 3.07. The van der Waals surface area contributed by atoms with Crippen molar-refractivity contribution in [1.82, 2.24) is 0 Å². The van der Waals surface area contributed by atoms with Crippen LogP contribution < -0.4 is 10.1 Å². The molecule has 1 N–H and O–H groups in total. The summed E-state index contributed by atoms with van der Waals surface area (Å²) in [5.41, 5.74) is 1.83. The van der Waals surface area contributed by atoms with E-state index < -0.39 is 0 Å². The molecule has 0 aliphatic carbocycles. The normalized spacial score (nSPS) is 10.5. The number of halogens is 2. The third-order valence-corrected chi connectivity index (χ3v) is 4.83. The van der Waals surface area contributed by atoms with Crippen molar-refractivity contribution in [2.75, 3.05) is 5.32 Å². The number of rotatable bonds is 5. The molecule has 3 rings (SSSR count). The Hall–Kier alpha value is -2.37. The minimum Gasteiger partial charge on any atom is -0.487 e. The molecule has 1 aromatic heterocycles. The van der Waals surface area contributed by atoms with Gasteiger partial charge in [0, 0.05) is 11.3 Å². The summed E-state index contributed by atoms with van der Waals surface area (Å²) in [6.07, 6.45) is 0. The average molecular weight is 376 g/mol. The number of thiophene rings is 1. The van der Waals surface area contributed by atoms with Crippen LogP contribution in [0.5, 0.6) is 5.75 Å². The largest absolute Gasteiger partial charge is 0.487 e. The Bertz CT molecular complexity index is 910. The van der Waals surface area contributed by atoms with Gasteiger partial charge in [-0.1, -0.05) is 29.8 Å². The van der Waals surface area contributed by atoms with Crippen LogP contribution in [0.25, 0.3) is 0 Å². The molecule has 1 heterocycles. The summed E-state index contributed by atoms with van der Waals surface area (Å²) >= 11 is 7.35. The molecule has 1 amide bonds. The fraction of sp³-hybridized carbons (Fsp3) is 0.105. The van der Waals surface area contributed by atoms with Crippen molar-refractivity contribution in [3.05, 3.63) is 80.8 Å². The number of aryl methyl sites for hydroxylation is 1. The van der Waals surface area contributed by atoms with Crippen molar-refractivity contribution in [1.29, 1.82) is 0 Å². The molecule has 0 saturated heterocycles. The van der Waals surface area contributed by atoms with E-state index in [4.69, 9.17) is 16.3 Å². The Morgan fingerprint density at radius 3 is 2.80 bits per heavy atom. The third-order valence-electron chi connectivity index (χ3n) is 3.54. The Balaban J connectivity index is 1.63. The number of ether oxygens (including phenoxy) is 1. The van der Waals surface area contributed by atoms with Crippen LogP contribution in [0.15, 0.2) is 53.9 Å². The summed E-state index contributed by atoms with van der Waals surface area (Å²) in [5, 5.41) is 5.08. The first-order valence-corrected chi connectivity index (χ1v) is 8.81. The fourth-order valence-electron chi connectivity index (χ4n) is 2.16. The second-order valence-corrected chi connectivity index (χ2v) is 6.77. The van der Waals surface area contributed by atoms with Gasteiger partial charge in [-0.15, -0.1) is 11.3 Å². The topological polar surface area (TPSA) is 38.3 Å². The van der Waals surface area contributed by atoms with Crippen LogP contribution in [-0.2, 0) is 6.61 Å². The standard InChI is InChI=1S/C19H15ClFNO2S/c1-12-6-7-14(9-16(12)21)22-19(23)18-8-13(11-25-18)10-24-17-5-3-2-4-15(17)20/h2-9,11H,10H2,1H3,(H,22,23). The summed E-state index contributed by atoms with van der Waals surface area (Å²) in [7, 11) is 0. The molecule has 0 aliphatic heterocycles. The first-order valence-electron chi connectivity index (χ1n) is 7.55. The van der Waals surface area contributed by atoms with Gasteiger partial charge >= 0.3 is 0 Å². The highest BCUT2D eigenvalue weighted by molar-refractivity contribution is 7.12. The number of hydrogen-bond acceptors (Lipinski definition) is 3. The number of nitrogens with one attached hydrogen (secondary N) is 1. The van der Waals surface area contributed by atoms with E-state index in [1.165, 1.54) is 17.4 Å². The zero-order valence-corrected chi connectivity index (χ0v) is 15.0. The van der Waals surface area contributed by atoms with Gasteiger partial charge in [-0.3, -0.25) is 4.79 Å². The van der Waals surface area contributed by atoms with Gasteiger partial charge in [0.05, 0.1) is 9.90 Å². The molecule has 3 aromatic rings. The number of amides is 1. The Kier molecular flexibility index (Phi) is 5.36. The molecule has 0 atom stereocenters. The van der Waals surface area contributed by atoms with Gasteiger partial charge in [-0.2, -0.15) is 0 Å².